The minimum Gasteiger partial charge on any atom is -0.489 e. The number of hydrogen-bond acceptors (Lipinski definition) is 5. The van der Waals surface area contributed by atoms with Crippen LogP contribution >= 0.6 is 0 Å². The summed E-state index contributed by atoms with van der Waals surface area (Å²) in [4.78, 5) is 24.8. The molecule has 0 radical (unpaired) electrons. The number of rotatable bonds is 12. The van der Waals surface area contributed by atoms with Gasteiger partial charge in [0.1, 0.15) is 0 Å². The molecule has 0 aliphatic heterocycles. The Labute approximate surface area is 156 Å². The van der Waals surface area contributed by atoms with Gasteiger partial charge >= 0.3 is 0 Å². The number of ether oxygens (including phenoxy) is 2. The summed E-state index contributed by atoms with van der Waals surface area (Å²) in [6, 6.07) is 0. The molecule has 0 bridgehead atoms. The SMILES string of the molecule is COC1=C(OC)C(=O)C(CCCC/C=C/C/C=C/CCCO)=C(C)C1=O. The molecule has 0 atom stereocenters. The Morgan fingerprint density at radius 1 is 0.846 bits per heavy atom. The number of hydrogen-bond donors (Lipinski definition) is 1. The normalized spacial score (nSPS) is 15.7. The lowest BCUT2D eigenvalue weighted by Gasteiger charge is -2.20. The molecule has 0 saturated heterocycles. The van der Waals surface area contributed by atoms with Crippen molar-refractivity contribution in [2.75, 3.05) is 20.8 Å². The third-order valence-electron chi connectivity index (χ3n) is 4.28. The Kier molecular flexibility index (Phi) is 10.3. The number of allylic oxidation sites excluding steroid dienone is 6. The van der Waals surface area contributed by atoms with E-state index in [1.165, 1.54) is 14.2 Å². The van der Waals surface area contributed by atoms with E-state index >= 15 is 0 Å². The number of ketones is 2. The Morgan fingerprint density at radius 3 is 2.00 bits per heavy atom. The summed E-state index contributed by atoms with van der Waals surface area (Å²) in [5.74, 6) is -0.517. The lowest BCUT2D eigenvalue weighted by Crippen LogP contribution is -2.25. The number of unbranched alkanes of at least 4 members (excludes halogenated alkanes) is 3. The highest BCUT2D eigenvalue weighted by molar-refractivity contribution is 6.23. The molecule has 0 aromatic rings. The van der Waals surface area contributed by atoms with Crippen LogP contribution in [0.25, 0.3) is 0 Å². The number of carbonyl (C=O) groups excluding carboxylic acids is 2. The predicted molar refractivity (Wildman–Crippen MR) is 101 cm³/mol. The van der Waals surface area contributed by atoms with E-state index in [2.05, 4.69) is 24.3 Å². The maximum Gasteiger partial charge on any atom is 0.228 e. The zero-order chi connectivity index (χ0) is 19.4. The second-order valence-corrected chi connectivity index (χ2v) is 6.12. The molecular formula is C21H30O5. The van der Waals surface area contributed by atoms with Gasteiger partial charge in [0, 0.05) is 17.8 Å². The Bertz CT molecular complexity index is 608. The van der Waals surface area contributed by atoms with Crippen molar-refractivity contribution in [1.82, 2.24) is 0 Å². The van der Waals surface area contributed by atoms with Crippen molar-refractivity contribution >= 4 is 11.6 Å². The molecule has 0 heterocycles. The lowest BCUT2D eigenvalue weighted by molar-refractivity contribution is -0.121. The van der Waals surface area contributed by atoms with Crippen LogP contribution in [0.15, 0.2) is 47.0 Å². The molecule has 0 unspecified atom stereocenters. The van der Waals surface area contributed by atoms with Gasteiger partial charge in [0.05, 0.1) is 14.2 Å². The van der Waals surface area contributed by atoms with Crippen molar-refractivity contribution in [3.8, 4) is 0 Å². The van der Waals surface area contributed by atoms with Gasteiger partial charge in [-0.3, -0.25) is 9.59 Å². The first kappa shape index (κ1) is 21.9. The second-order valence-electron chi connectivity index (χ2n) is 6.12. The number of aliphatic hydroxyl groups is 1. The maximum atomic E-state index is 12.5. The predicted octanol–water partition coefficient (Wildman–Crippen LogP) is 3.79. The molecule has 0 fully saturated rings. The van der Waals surface area contributed by atoms with Crippen LogP contribution < -0.4 is 0 Å². The van der Waals surface area contributed by atoms with E-state index in [9.17, 15) is 9.59 Å². The third-order valence-corrected chi connectivity index (χ3v) is 4.28. The van der Waals surface area contributed by atoms with Crippen LogP contribution in [-0.2, 0) is 19.1 Å². The molecule has 1 rings (SSSR count). The summed E-state index contributed by atoms with van der Waals surface area (Å²) in [6.45, 7) is 1.91. The molecule has 0 aromatic carbocycles. The standard InChI is InChI=1S/C21H30O5/c1-16-17(19(24)21(26-3)20(25-2)18(16)23)14-12-10-8-6-4-5-7-9-11-13-15-22/h4,6-7,9,22H,5,8,10-15H2,1-3H3/b6-4+,9-7+. The lowest BCUT2D eigenvalue weighted by atomic mass is 9.89. The highest BCUT2D eigenvalue weighted by atomic mass is 16.5. The van der Waals surface area contributed by atoms with Gasteiger partial charge in [-0.15, -0.1) is 0 Å². The van der Waals surface area contributed by atoms with E-state index in [1.54, 1.807) is 6.92 Å². The van der Waals surface area contributed by atoms with Gasteiger partial charge in [-0.05, 0) is 51.9 Å². The first-order valence-electron chi connectivity index (χ1n) is 9.10. The minimum absolute atomic E-state index is 0.00554. The second kappa shape index (κ2) is 12.3. The molecule has 0 spiro atoms. The maximum absolute atomic E-state index is 12.5. The highest BCUT2D eigenvalue weighted by Crippen LogP contribution is 2.28. The molecule has 144 valence electrons. The summed E-state index contributed by atoms with van der Waals surface area (Å²) < 4.78 is 10.1. The van der Waals surface area contributed by atoms with E-state index in [1.807, 2.05) is 0 Å². The summed E-state index contributed by atoms with van der Waals surface area (Å²) in [5, 5.41) is 8.68. The summed E-state index contributed by atoms with van der Waals surface area (Å²) in [6.07, 6.45) is 14.3. The van der Waals surface area contributed by atoms with E-state index < -0.39 is 0 Å². The van der Waals surface area contributed by atoms with E-state index in [0.717, 1.165) is 38.5 Å². The average Bonchev–Trinajstić information content (AvgIpc) is 2.64. The van der Waals surface area contributed by atoms with Gasteiger partial charge in [0.25, 0.3) is 0 Å². The molecule has 1 N–H and O–H groups in total. The first-order chi connectivity index (χ1) is 12.6. The molecule has 0 aromatic heterocycles. The van der Waals surface area contributed by atoms with E-state index in [4.69, 9.17) is 14.6 Å². The van der Waals surface area contributed by atoms with Crippen molar-refractivity contribution in [3.05, 3.63) is 47.0 Å². The average molecular weight is 362 g/mol. The van der Waals surface area contributed by atoms with Crippen molar-refractivity contribution in [2.24, 2.45) is 0 Å². The molecule has 1 aliphatic rings. The smallest absolute Gasteiger partial charge is 0.228 e. The quantitative estimate of drug-likeness (QED) is 0.325. The van der Waals surface area contributed by atoms with Crippen LogP contribution in [0.2, 0.25) is 0 Å². The fourth-order valence-corrected chi connectivity index (χ4v) is 2.77. The first-order valence-corrected chi connectivity index (χ1v) is 9.10. The van der Waals surface area contributed by atoms with Crippen LogP contribution in [0, 0.1) is 0 Å². The number of aliphatic hydroxyl groups excluding tert-OH is 1. The molecule has 26 heavy (non-hydrogen) atoms. The third kappa shape index (κ3) is 6.30. The molecule has 0 saturated carbocycles. The van der Waals surface area contributed by atoms with Crippen LogP contribution in [0.4, 0.5) is 0 Å². The van der Waals surface area contributed by atoms with Crippen molar-refractivity contribution in [2.45, 2.75) is 51.9 Å². The Hall–Kier alpha value is -2.14. The Morgan fingerprint density at radius 2 is 1.42 bits per heavy atom. The van der Waals surface area contributed by atoms with Gasteiger partial charge in [-0.1, -0.05) is 24.3 Å². The molecule has 5 nitrogen and oxygen atoms in total. The van der Waals surface area contributed by atoms with Crippen molar-refractivity contribution in [3.63, 3.8) is 0 Å². The topological polar surface area (TPSA) is 72.8 Å². The summed E-state index contributed by atoms with van der Waals surface area (Å²) in [5.41, 5.74) is 0.986. The highest BCUT2D eigenvalue weighted by Gasteiger charge is 2.34. The zero-order valence-electron chi connectivity index (χ0n) is 16.0. The van der Waals surface area contributed by atoms with Gasteiger partial charge in [-0.25, -0.2) is 0 Å². The summed E-state index contributed by atoms with van der Waals surface area (Å²) >= 11 is 0. The molecule has 5 heteroatoms. The van der Waals surface area contributed by atoms with Crippen molar-refractivity contribution in [1.29, 1.82) is 0 Å². The van der Waals surface area contributed by atoms with Gasteiger partial charge in [0.2, 0.25) is 23.1 Å². The van der Waals surface area contributed by atoms with Crippen LogP contribution in [0.3, 0.4) is 0 Å². The zero-order valence-corrected chi connectivity index (χ0v) is 16.0. The van der Waals surface area contributed by atoms with Gasteiger partial charge in [-0.2, -0.15) is 0 Å². The fraction of sp³-hybridized carbons (Fsp3) is 0.524. The van der Waals surface area contributed by atoms with Gasteiger partial charge in [0.15, 0.2) is 0 Å². The van der Waals surface area contributed by atoms with E-state index in [-0.39, 0.29) is 29.7 Å². The molecular weight excluding hydrogens is 332 g/mol. The van der Waals surface area contributed by atoms with Crippen molar-refractivity contribution < 1.29 is 24.2 Å². The van der Waals surface area contributed by atoms with E-state index in [0.29, 0.717) is 17.6 Å². The molecule has 0 amide bonds. The van der Waals surface area contributed by atoms with Crippen LogP contribution in [-0.4, -0.2) is 37.5 Å². The largest absolute Gasteiger partial charge is 0.489 e. The number of Topliss-reactive ketones (excluding diaryl/α,β-unsaturated/α-hetero) is 2. The fourth-order valence-electron chi connectivity index (χ4n) is 2.77. The van der Waals surface area contributed by atoms with Crippen LogP contribution in [0.1, 0.15) is 51.9 Å². The van der Waals surface area contributed by atoms with Gasteiger partial charge < -0.3 is 14.6 Å². The minimum atomic E-state index is -0.271. The monoisotopic (exact) mass is 362 g/mol. The molecule has 1 aliphatic carbocycles. The number of methoxy groups -OCH3 is 2. The number of carbonyl (C=O) groups is 2. The Balaban J connectivity index is 2.41. The van der Waals surface area contributed by atoms with Crippen LogP contribution in [0.5, 0.6) is 0 Å². The summed E-state index contributed by atoms with van der Waals surface area (Å²) in [7, 11) is 2.74.